The quantitative estimate of drug-likeness (QED) is 0.188. The zero-order valence-electron chi connectivity index (χ0n) is 29.9. The number of hydrogen-bond donors (Lipinski definition) is 2. The van der Waals surface area contributed by atoms with E-state index in [4.69, 9.17) is 9.97 Å². The number of hydrogen-bond acceptors (Lipinski definition) is 6. The van der Waals surface area contributed by atoms with Gasteiger partial charge in [0, 0.05) is 47.9 Å². The van der Waals surface area contributed by atoms with Crippen molar-refractivity contribution in [3.8, 4) is 11.4 Å². The molecule has 3 atom stereocenters. The molecule has 5 rings (SSSR count). The Morgan fingerprint density at radius 1 is 1.02 bits per heavy atom. The molecule has 1 saturated heterocycles. The summed E-state index contributed by atoms with van der Waals surface area (Å²) < 4.78 is 0. The highest BCUT2D eigenvalue weighted by Crippen LogP contribution is 2.40. The van der Waals surface area contributed by atoms with Crippen LogP contribution in [0.3, 0.4) is 0 Å². The summed E-state index contributed by atoms with van der Waals surface area (Å²) in [5, 5.41) is 12.3. The van der Waals surface area contributed by atoms with Crippen LogP contribution in [0.25, 0.3) is 17.0 Å². The van der Waals surface area contributed by atoms with Gasteiger partial charge in [0.25, 0.3) is 5.91 Å². The molecule has 1 fully saturated rings. The molecule has 1 aliphatic heterocycles. The number of aromatic nitrogens is 2. The minimum atomic E-state index is -0.911. The average Bonchev–Trinajstić information content (AvgIpc) is 3.56. The molecule has 2 amide bonds. The molecular formula is C40H52N4O4S. The molecule has 0 radical (unpaired) electrons. The number of carbonyl (C=O) groups is 3. The van der Waals surface area contributed by atoms with Gasteiger partial charge in [-0.15, -0.1) is 11.3 Å². The second kappa shape index (κ2) is 15.8. The van der Waals surface area contributed by atoms with E-state index < -0.39 is 17.9 Å². The number of benzene rings is 1. The summed E-state index contributed by atoms with van der Waals surface area (Å²) in [5.74, 6) is 0.160. The number of carbonyl (C=O) groups excluding carboxylic acids is 2. The van der Waals surface area contributed by atoms with E-state index in [0.717, 1.165) is 46.2 Å². The number of nitrogens with one attached hydrogen (secondary N) is 1. The van der Waals surface area contributed by atoms with Gasteiger partial charge >= 0.3 is 5.97 Å². The predicted molar refractivity (Wildman–Crippen MR) is 196 cm³/mol. The second-order valence-electron chi connectivity index (χ2n) is 15.0. The van der Waals surface area contributed by atoms with Crippen LogP contribution in [0.5, 0.6) is 0 Å². The summed E-state index contributed by atoms with van der Waals surface area (Å²) >= 11 is 1.42. The van der Waals surface area contributed by atoms with Crippen LogP contribution < -0.4 is 5.32 Å². The largest absolute Gasteiger partial charge is 0.481 e. The molecule has 9 heteroatoms. The predicted octanol–water partition coefficient (Wildman–Crippen LogP) is 8.18. The first-order chi connectivity index (χ1) is 23.4. The van der Waals surface area contributed by atoms with Crippen molar-refractivity contribution in [3.63, 3.8) is 0 Å². The lowest BCUT2D eigenvalue weighted by Crippen LogP contribution is -2.59. The van der Waals surface area contributed by atoms with Crippen LogP contribution in [0.2, 0.25) is 0 Å². The van der Waals surface area contributed by atoms with E-state index >= 15 is 0 Å². The lowest BCUT2D eigenvalue weighted by molar-refractivity contribution is -0.153. The molecule has 262 valence electrons. The van der Waals surface area contributed by atoms with Crippen LogP contribution in [-0.2, 0) is 21.4 Å². The molecule has 49 heavy (non-hydrogen) atoms. The van der Waals surface area contributed by atoms with Crippen molar-refractivity contribution in [2.75, 3.05) is 13.1 Å². The molecule has 8 nitrogen and oxygen atoms in total. The molecular weight excluding hydrogens is 633 g/mol. The number of amides is 2. The minimum Gasteiger partial charge on any atom is -0.481 e. The van der Waals surface area contributed by atoms with E-state index in [1.54, 1.807) is 6.07 Å². The van der Waals surface area contributed by atoms with Crippen LogP contribution in [0.4, 0.5) is 0 Å². The highest BCUT2D eigenvalue weighted by atomic mass is 32.1. The maximum atomic E-state index is 13.5. The van der Waals surface area contributed by atoms with E-state index in [2.05, 4.69) is 46.9 Å². The van der Waals surface area contributed by atoms with Crippen LogP contribution >= 0.6 is 11.3 Å². The number of carboxylic acids is 1. The van der Waals surface area contributed by atoms with Gasteiger partial charge < -0.3 is 15.3 Å². The van der Waals surface area contributed by atoms with Crippen molar-refractivity contribution in [2.45, 2.75) is 104 Å². The SMILES string of the molecule is CCCCC(CC)C1CCC(c2cnc(-c3ccc(CC(NC(=O)c4ccc(C(C)(C)C)s4)C(=O)N4CC(C(=O)O)C4)cc3)nc2)=C(C)C1. The minimum absolute atomic E-state index is 0.0879. The number of thiophene rings is 1. The van der Waals surface area contributed by atoms with Crippen molar-refractivity contribution >= 4 is 34.7 Å². The lowest BCUT2D eigenvalue weighted by atomic mass is 9.74. The number of allylic oxidation sites excluding steroid dienone is 2. The van der Waals surface area contributed by atoms with E-state index in [0.29, 0.717) is 10.7 Å². The molecule has 3 heterocycles. The highest BCUT2D eigenvalue weighted by molar-refractivity contribution is 7.14. The van der Waals surface area contributed by atoms with E-state index in [-0.39, 0.29) is 36.7 Å². The second-order valence-corrected chi connectivity index (χ2v) is 16.1. The molecule has 2 aromatic heterocycles. The summed E-state index contributed by atoms with van der Waals surface area (Å²) in [7, 11) is 0. The van der Waals surface area contributed by atoms with E-state index in [1.807, 2.05) is 42.7 Å². The number of rotatable bonds is 13. The van der Waals surface area contributed by atoms with Crippen molar-refractivity contribution in [1.82, 2.24) is 20.2 Å². The van der Waals surface area contributed by atoms with Crippen LogP contribution in [0.15, 0.2) is 54.4 Å². The summed E-state index contributed by atoms with van der Waals surface area (Å²) in [6.07, 6.45) is 12.8. The highest BCUT2D eigenvalue weighted by Gasteiger charge is 2.39. The third kappa shape index (κ3) is 8.85. The van der Waals surface area contributed by atoms with Gasteiger partial charge in [-0.25, -0.2) is 9.97 Å². The van der Waals surface area contributed by atoms with Crippen molar-refractivity contribution in [2.24, 2.45) is 17.8 Å². The third-order valence-electron chi connectivity index (χ3n) is 10.3. The molecule has 0 saturated carbocycles. The maximum Gasteiger partial charge on any atom is 0.310 e. The van der Waals surface area contributed by atoms with Gasteiger partial charge in [0.1, 0.15) is 6.04 Å². The zero-order valence-corrected chi connectivity index (χ0v) is 30.7. The number of unbranched alkanes of at least 4 members (excludes halogenated alkanes) is 1. The lowest BCUT2D eigenvalue weighted by Gasteiger charge is -2.38. The number of nitrogens with zero attached hydrogens (tertiary/aromatic N) is 3. The Labute approximate surface area is 295 Å². The molecule has 0 spiro atoms. The topological polar surface area (TPSA) is 112 Å². The first-order valence-electron chi connectivity index (χ1n) is 17.9. The first kappa shape index (κ1) is 36.4. The first-order valence-corrected chi connectivity index (χ1v) is 18.7. The van der Waals surface area contributed by atoms with E-state index in [9.17, 15) is 19.5 Å². The molecule has 2 N–H and O–H groups in total. The summed E-state index contributed by atoms with van der Waals surface area (Å²) in [6.45, 7) is 13.5. The normalized spacial score (nSPS) is 18.2. The van der Waals surface area contributed by atoms with E-state index in [1.165, 1.54) is 59.5 Å². The third-order valence-corrected chi connectivity index (χ3v) is 11.8. The standard InChI is InChI=1S/C40H52N4O4S/c1-7-9-10-27(8-2)29-15-16-32(25(3)19-29)30-21-41-36(42-22-30)28-13-11-26(12-14-28)20-33(38(46)44-23-31(24-44)39(47)48)43-37(45)34-17-18-35(49-34)40(4,5)6/h11-14,17-18,21-22,27,29,31,33H,7-10,15-16,19-20,23-24H2,1-6H3,(H,43,45)(H,47,48). The Kier molecular flexibility index (Phi) is 11.7. The smallest absolute Gasteiger partial charge is 0.310 e. The van der Waals surface area contributed by atoms with Crippen LogP contribution in [0.1, 0.15) is 112 Å². The molecule has 0 bridgehead atoms. The molecule has 1 aromatic carbocycles. The summed E-state index contributed by atoms with van der Waals surface area (Å²) in [5.41, 5.74) is 5.61. The van der Waals surface area contributed by atoms with Gasteiger partial charge in [-0.05, 0) is 66.7 Å². The Morgan fingerprint density at radius 3 is 2.29 bits per heavy atom. The fourth-order valence-corrected chi connectivity index (χ4v) is 8.15. The fourth-order valence-electron chi connectivity index (χ4n) is 7.18. The van der Waals surface area contributed by atoms with Crippen molar-refractivity contribution in [3.05, 3.63) is 75.2 Å². The van der Waals surface area contributed by atoms with Gasteiger partial charge in [0.05, 0.1) is 10.8 Å². The van der Waals surface area contributed by atoms with Gasteiger partial charge in [-0.1, -0.05) is 90.1 Å². The zero-order chi connectivity index (χ0) is 35.3. The summed E-state index contributed by atoms with van der Waals surface area (Å²) in [6, 6.07) is 10.7. The van der Waals surface area contributed by atoms with Crippen LogP contribution in [-0.4, -0.2) is 56.9 Å². The molecule has 1 aliphatic carbocycles. The van der Waals surface area contributed by atoms with Crippen molar-refractivity contribution < 1.29 is 19.5 Å². The number of likely N-dealkylation sites (tertiary alicyclic amines) is 1. The van der Waals surface area contributed by atoms with Gasteiger partial charge in [0.2, 0.25) is 5.91 Å². The number of carboxylic acid groups (broad SMARTS) is 1. The average molecular weight is 685 g/mol. The molecule has 3 unspecified atom stereocenters. The monoisotopic (exact) mass is 684 g/mol. The molecule has 2 aliphatic rings. The maximum absolute atomic E-state index is 13.5. The van der Waals surface area contributed by atoms with Gasteiger partial charge in [-0.3, -0.25) is 14.4 Å². The Hall–Kier alpha value is -3.85. The summed E-state index contributed by atoms with van der Waals surface area (Å²) in [4.78, 5) is 50.8. The fraction of sp³-hybridized carbons (Fsp3) is 0.525. The Morgan fingerprint density at radius 2 is 1.71 bits per heavy atom. The molecule has 3 aromatic rings. The Bertz CT molecular complexity index is 1650. The van der Waals surface area contributed by atoms with Gasteiger partial charge in [-0.2, -0.15) is 0 Å². The van der Waals surface area contributed by atoms with Crippen molar-refractivity contribution in [1.29, 1.82) is 0 Å². The Balaban J connectivity index is 1.26. The van der Waals surface area contributed by atoms with Crippen LogP contribution in [0, 0.1) is 17.8 Å². The number of aliphatic carboxylic acids is 1. The van der Waals surface area contributed by atoms with Gasteiger partial charge in [0.15, 0.2) is 5.82 Å².